The fraction of sp³-hybridized carbons (Fsp3) is 0.471. The highest BCUT2D eigenvalue weighted by Crippen LogP contribution is 2.23. The number of aryl methyl sites for hydroxylation is 3. The molecule has 2 aromatic rings. The second-order valence-corrected chi connectivity index (χ2v) is 6.38. The molecular formula is C17H25N3S. The second-order valence-electron chi connectivity index (χ2n) is 5.32. The van der Waals surface area contributed by atoms with E-state index >= 15 is 0 Å². The van der Waals surface area contributed by atoms with Crippen LogP contribution in [-0.4, -0.2) is 28.1 Å². The van der Waals surface area contributed by atoms with Gasteiger partial charge in [0.25, 0.3) is 0 Å². The Morgan fingerprint density at radius 1 is 1.29 bits per heavy atom. The van der Waals surface area contributed by atoms with Gasteiger partial charge < -0.3 is 5.32 Å². The van der Waals surface area contributed by atoms with Gasteiger partial charge >= 0.3 is 0 Å². The summed E-state index contributed by atoms with van der Waals surface area (Å²) >= 11 is 1.95. The standard InChI is InChI=1S/C17H25N3S/c1-4-18-15(9-10-16-11-12-19-20(16)3)13-21-17-8-6-5-7-14(17)2/h5-8,11-12,15,18H,4,9-10,13H2,1-3H3. The summed E-state index contributed by atoms with van der Waals surface area (Å²) in [5.41, 5.74) is 2.67. The van der Waals surface area contributed by atoms with Crippen molar-refractivity contribution in [3.05, 3.63) is 47.8 Å². The van der Waals surface area contributed by atoms with E-state index in [0.29, 0.717) is 6.04 Å². The normalized spacial score (nSPS) is 12.5. The van der Waals surface area contributed by atoms with Gasteiger partial charge in [0, 0.05) is 35.6 Å². The van der Waals surface area contributed by atoms with Crippen molar-refractivity contribution in [2.75, 3.05) is 12.3 Å². The summed E-state index contributed by atoms with van der Waals surface area (Å²) in [6.07, 6.45) is 4.09. The first-order valence-corrected chi connectivity index (χ1v) is 8.58. The number of benzene rings is 1. The Balaban J connectivity index is 1.87. The predicted molar refractivity (Wildman–Crippen MR) is 90.9 cm³/mol. The topological polar surface area (TPSA) is 29.9 Å². The fourth-order valence-electron chi connectivity index (χ4n) is 2.41. The van der Waals surface area contributed by atoms with E-state index in [0.717, 1.165) is 25.1 Å². The van der Waals surface area contributed by atoms with Crippen LogP contribution in [0.25, 0.3) is 0 Å². The number of hydrogen-bond donors (Lipinski definition) is 1. The molecule has 1 aromatic heterocycles. The van der Waals surface area contributed by atoms with Crippen LogP contribution < -0.4 is 5.32 Å². The second kappa shape index (κ2) is 8.25. The first-order valence-electron chi connectivity index (χ1n) is 7.59. The van der Waals surface area contributed by atoms with E-state index in [-0.39, 0.29) is 0 Å². The number of nitrogens with zero attached hydrogens (tertiary/aromatic N) is 2. The van der Waals surface area contributed by atoms with Crippen molar-refractivity contribution >= 4 is 11.8 Å². The average Bonchev–Trinajstić information content (AvgIpc) is 2.89. The third-order valence-corrected chi connectivity index (χ3v) is 5.04. The van der Waals surface area contributed by atoms with Crippen LogP contribution in [0.15, 0.2) is 41.4 Å². The minimum atomic E-state index is 0.537. The van der Waals surface area contributed by atoms with Crippen molar-refractivity contribution in [2.45, 2.75) is 37.6 Å². The van der Waals surface area contributed by atoms with Gasteiger partial charge in [0.05, 0.1) is 0 Å². The molecular weight excluding hydrogens is 278 g/mol. The molecule has 0 aliphatic carbocycles. The van der Waals surface area contributed by atoms with Crippen molar-refractivity contribution in [3.8, 4) is 0 Å². The molecule has 0 radical (unpaired) electrons. The van der Waals surface area contributed by atoms with Crippen LogP contribution in [0.2, 0.25) is 0 Å². The smallest absolute Gasteiger partial charge is 0.0492 e. The highest BCUT2D eigenvalue weighted by molar-refractivity contribution is 7.99. The molecule has 2 rings (SSSR count). The van der Waals surface area contributed by atoms with E-state index in [1.54, 1.807) is 0 Å². The summed E-state index contributed by atoms with van der Waals surface area (Å²) in [6, 6.07) is 11.3. The van der Waals surface area contributed by atoms with Crippen LogP contribution >= 0.6 is 11.8 Å². The Labute approximate surface area is 132 Å². The molecule has 21 heavy (non-hydrogen) atoms. The molecule has 1 unspecified atom stereocenters. The maximum Gasteiger partial charge on any atom is 0.0492 e. The van der Waals surface area contributed by atoms with Crippen molar-refractivity contribution in [2.24, 2.45) is 7.05 Å². The van der Waals surface area contributed by atoms with Gasteiger partial charge in [0.15, 0.2) is 0 Å². The van der Waals surface area contributed by atoms with E-state index < -0.39 is 0 Å². The van der Waals surface area contributed by atoms with E-state index in [4.69, 9.17) is 0 Å². The molecule has 114 valence electrons. The number of aromatic nitrogens is 2. The molecule has 1 N–H and O–H groups in total. The van der Waals surface area contributed by atoms with Gasteiger partial charge in [-0.05, 0) is 44.0 Å². The molecule has 1 atom stereocenters. The Morgan fingerprint density at radius 3 is 2.76 bits per heavy atom. The van der Waals surface area contributed by atoms with Crippen LogP contribution in [0, 0.1) is 6.92 Å². The van der Waals surface area contributed by atoms with Gasteiger partial charge in [-0.15, -0.1) is 11.8 Å². The number of thioether (sulfide) groups is 1. The molecule has 0 aliphatic rings. The summed E-state index contributed by atoms with van der Waals surface area (Å²) in [4.78, 5) is 1.39. The lowest BCUT2D eigenvalue weighted by Crippen LogP contribution is -2.31. The third-order valence-electron chi connectivity index (χ3n) is 3.70. The van der Waals surface area contributed by atoms with Crippen LogP contribution in [0.3, 0.4) is 0 Å². The Bertz CT molecular complexity index is 550. The first kappa shape index (κ1) is 16.1. The maximum absolute atomic E-state index is 4.24. The van der Waals surface area contributed by atoms with Gasteiger partial charge in [-0.3, -0.25) is 4.68 Å². The van der Waals surface area contributed by atoms with Gasteiger partial charge in [-0.2, -0.15) is 5.10 Å². The molecule has 4 heteroatoms. The number of rotatable bonds is 8. The lowest BCUT2D eigenvalue weighted by molar-refractivity contribution is 0.526. The molecule has 0 fully saturated rings. The highest BCUT2D eigenvalue weighted by Gasteiger charge is 2.10. The van der Waals surface area contributed by atoms with Crippen molar-refractivity contribution in [3.63, 3.8) is 0 Å². The van der Waals surface area contributed by atoms with Crippen LogP contribution in [0.4, 0.5) is 0 Å². The maximum atomic E-state index is 4.24. The molecule has 0 saturated heterocycles. The minimum Gasteiger partial charge on any atom is -0.313 e. The lowest BCUT2D eigenvalue weighted by Gasteiger charge is -2.18. The van der Waals surface area contributed by atoms with E-state index in [2.05, 4.69) is 54.6 Å². The minimum absolute atomic E-state index is 0.537. The first-order chi connectivity index (χ1) is 10.2. The van der Waals surface area contributed by atoms with Crippen LogP contribution in [0.1, 0.15) is 24.6 Å². The van der Waals surface area contributed by atoms with E-state index in [1.165, 1.54) is 16.2 Å². The number of hydrogen-bond acceptors (Lipinski definition) is 3. The Morgan fingerprint density at radius 2 is 2.10 bits per heavy atom. The molecule has 1 aromatic carbocycles. The SMILES string of the molecule is CCNC(CCc1ccnn1C)CSc1ccccc1C. The van der Waals surface area contributed by atoms with E-state index in [1.807, 2.05) is 29.7 Å². The zero-order valence-electron chi connectivity index (χ0n) is 13.2. The molecule has 1 heterocycles. The lowest BCUT2D eigenvalue weighted by atomic mass is 10.1. The van der Waals surface area contributed by atoms with Crippen molar-refractivity contribution in [1.82, 2.24) is 15.1 Å². The highest BCUT2D eigenvalue weighted by atomic mass is 32.2. The number of nitrogens with one attached hydrogen (secondary N) is 1. The molecule has 0 spiro atoms. The van der Waals surface area contributed by atoms with Crippen molar-refractivity contribution in [1.29, 1.82) is 0 Å². The third kappa shape index (κ3) is 4.90. The summed E-state index contributed by atoms with van der Waals surface area (Å²) in [6.45, 7) is 5.38. The van der Waals surface area contributed by atoms with Crippen LogP contribution in [-0.2, 0) is 13.5 Å². The largest absolute Gasteiger partial charge is 0.313 e. The van der Waals surface area contributed by atoms with Gasteiger partial charge in [-0.25, -0.2) is 0 Å². The molecule has 3 nitrogen and oxygen atoms in total. The van der Waals surface area contributed by atoms with Crippen molar-refractivity contribution < 1.29 is 0 Å². The zero-order chi connectivity index (χ0) is 15.1. The fourth-order valence-corrected chi connectivity index (χ4v) is 3.55. The average molecular weight is 303 g/mol. The summed E-state index contributed by atoms with van der Waals surface area (Å²) in [7, 11) is 2.01. The summed E-state index contributed by atoms with van der Waals surface area (Å²) in [5.74, 6) is 1.11. The molecule has 0 saturated carbocycles. The monoisotopic (exact) mass is 303 g/mol. The van der Waals surface area contributed by atoms with Gasteiger partial charge in [0.2, 0.25) is 0 Å². The molecule has 0 bridgehead atoms. The quantitative estimate of drug-likeness (QED) is 0.758. The predicted octanol–water partition coefficient (Wildman–Crippen LogP) is 3.43. The van der Waals surface area contributed by atoms with Gasteiger partial charge in [-0.1, -0.05) is 25.1 Å². The summed E-state index contributed by atoms with van der Waals surface area (Å²) in [5, 5.41) is 7.84. The Kier molecular flexibility index (Phi) is 6.33. The zero-order valence-corrected chi connectivity index (χ0v) is 14.0. The van der Waals surface area contributed by atoms with Gasteiger partial charge in [0.1, 0.15) is 0 Å². The molecule has 0 amide bonds. The Hall–Kier alpha value is -1.26. The molecule has 0 aliphatic heterocycles. The van der Waals surface area contributed by atoms with E-state index in [9.17, 15) is 0 Å². The summed E-state index contributed by atoms with van der Waals surface area (Å²) < 4.78 is 1.97. The van der Waals surface area contributed by atoms with Crippen LogP contribution in [0.5, 0.6) is 0 Å².